The molecule has 0 aliphatic heterocycles. The third-order valence-electron chi connectivity index (χ3n) is 2.63. The molecular formula is C12H21N5O. The van der Waals surface area contributed by atoms with Crippen molar-refractivity contribution in [1.82, 2.24) is 15.5 Å². The van der Waals surface area contributed by atoms with Crippen molar-refractivity contribution in [2.75, 3.05) is 25.0 Å². The van der Waals surface area contributed by atoms with E-state index in [2.05, 4.69) is 34.3 Å². The molecule has 0 aromatic carbocycles. The van der Waals surface area contributed by atoms with Gasteiger partial charge in [0.05, 0.1) is 0 Å². The van der Waals surface area contributed by atoms with Crippen LogP contribution in [-0.2, 0) is 0 Å². The lowest BCUT2D eigenvalue weighted by Gasteiger charge is -2.27. The molecular weight excluding hydrogens is 230 g/mol. The van der Waals surface area contributed by atoms with E-state index in [0.29, 0.717) is 18.3 Å². The Labute approximate surface area is 108 Å². The molecule has 0 saturated carbocycles. The molecule has 100 valence electrons. The van der Waals surface area contributed by atoms with Crippen molar-refractivity contribution in [3.8, 4) is 0 Å². The SMILES string of the molecule is CNC(=O)c1ccc(N(CCCN)C(C)C)nn1. The summed E-state index contributed by atoms with van der Waals surface area (Å²) in [5.74, 6) is 0.540. The molecule has 3 N–H and O–H groups in total. The molecule has 0 bridgehead atoms. The number of hydrogen-bond acceptors (Lipinski definition) is 5. The fraction of sp³-hybridized carbons (Fsp3) is 0.583. The van der Waals surface area contributed by atoms with Gasteiger partial charge in [-0.2, -0.15) is 0 Å². The summed E-state index contributed by atoms with van der Waals surface area (Å²) in [6.45, 7) is 5.66. The van der Waals surface area contributed by atoms with Gasteiger partial charge in [0.15, 0.2) is 11.5 Å². The first kappa shape index (κ1) is 14.4. The van der Waals surface area contributed by atoms with Crippen LogP contribution in [-0.4, -0.2) is 42.3 Å². The first-order chi connectivity index (χ1) is 8.60. The minimum absolute atomic E-state index is 0.230. The van der Waals surface area contributed by atoms with Crippen LogP contribution in [0.1, 0.15) is 30.8 Å². The van der Waals surface area contributed by atoms with Crippen LogP contribution in [0, 0.1) is 0 Å². The Morgan fingerprint density at radius 3 is 2.61 bits per heavy atom. The molecule has 0 radical (unpaired) electrons. The first-order valence-electron chi connectivity index (χ1n) is 6.12. The zero-order valence-electron chi connectivity index (χ0n) is 11.2. The monoisotopic (exact) mass is 251 g/mol. The summed E-state index contributed by atoms with van der Waals surface area (Å²) in [4.78, 5) is 13.5. The molecule has 0 saturated heterocycles. The van der Waals surface area contributed by atoms with Gasteiger partial charge >= 0.3 is 0 Å². The number of rotatable bonds is 6. The highest BCUT2D eigenvalue weighted by Crippen LogP contribution is 2.13. The van der Waals surface area contributed by atoms with Crippen molar-refractivity contribution in [2.24, 2.45) is 5.73 Å². The van der Waals surface area contributed by atoms with Crippen LogP contribution in [0.3, 0.4) is 0 Å². The van der Waals surface area contributed by atoms with Crippen molar-refractivity contribution < 1.29 is 4.79 Å². The smallest absolute Gasteiger partial charge is 0.271 e. The second kappa shape index (κ2) is 6.90. The molecule has 0 fully saturated rings. The Bertz CT molecular complexity index is 377. The van der Waals surface area contributed by atoms with E-state index in [1.54, 1.807) is 13.1 Å². The maximum atomic E-state index is 11.4. The quantitative estimate of drug-likeness (QED) is 0.764. The van der Waals surface area contributed by atoms with E-state index in [4.69, 9.17) is 5.73 Å². The zero-order chi connectivity index (χ0) is 13.5. The maximum absolute atomic E-state index is 11.4. The number of anilines is 1. The molecule has 1 aromatic rings. The van der Waals surface area contributed by atoms with Crippen LogP contribution in [0.4, 0.5) is 5.82 Å². The summed E-state index contributed by atoms with van der Waals surface area (Å²) in [7, 11) is 1.57. The van der Waals surface area contributed by atoms with E-state index in [-0.39, 0.29) is 5.91 Å². The van der Waals surface area contributed by atoms with Crippen LogP contribution >= 0.6 is 0 Å². The van der Waals surface area contributed by atoms with Gasteiger partial charge in [0.1, 0.15) is 0 Å². The summed E-state index contributed by atoms with van der Waals surface area (Å²) in [5.41, 5.74) is 5.84. The summed E-state index contributed by atoms with van der Waals surface area (Å²) >= 11 is 0. The predicted octanol–water partition coefficient (Wildman–Crippen LogP) is 0.400. The highest BCUT2D eigenvalue weighted by molar-refractivity contribution is 5.91. The number of hydrogen-bond donors (Lipinski definition) is 2. The second-order valence-electron chi connectivity index (χ2n) is 4.29. The lowest BCUT2D eigenvalue weighted by molar-refractivity contribution is 0.0957. The topological polar surface area (TPSA) is 84.1 Å². The molecule has 0 aliphatic carbocycles. The van der Waals surface area contributed by atoms with Gasteiger partial charge in [0.25, 0.3) is 5.91 Å². The molecule has 0 atom stereocenters. The highest BCUT2D eigenvalue weighted by atomic mass is 16.1. The summed E-state index contributed by atoms with van der Waals surface area (Å²) < 4.78 is 0. The highest BCUT2D eigenvalue weighted by Gasteiger charge is 2.13. The van der Waals surface area contributed by atoms with Gasteiger partial charge in [-0.05, 0) is 38.9 Å². The van der Waals surface area contributed by atoms with Gasteiger partial charge in [-0.1, -0.05) is 0 Å². The van der Waals surface area contributed by atoms with Crippen molar-refractivity contribution in [3.05, 3.63) is 17.8 Å². The minimum Gasteiger partial charge on any atom is -0.354 e. The number of carbonyl (C=O) groups is 1. The fourth-order valence-corrected chi connectivity index (χ4v) is 1.63. The van der Waals surface area contributed by atoms with Crippen molar-refractivity contribution in [2.45, 2.75) is 26.3 Å². The van der Waals surface area contributed by atoms with Crippen molar-refractivity contribution in [3.63, 3.8) is 0 Å². The Morgan fingerprint density at radius 2 is 2.17 bits per heavy atom. The number of amides is 1. The molecule has 0 unspecified atom stereocenters. The third kappa shape index (κ3) is 3.66. The predicted molar refractivity (Wildman–Crippen MR) is 71.6 cm³/mol. The number of nitrogens with two attached hydrogens (primary N) is 1. The van der Waals surface area contributed by atoms with E-state index < -0.39 is 0 Å². The summed E-state index contributed by atoms with van der Waals surface area (Å²) in [5, 5.41) is 10.5. The molecule has 1 rings (SSSR count). The standard InChI is InChI=1S/C12H21N5O/c1-9(2)17(8-4-7-13)11-6-5-10(15-16-11)12(18)14-3/h5-6,9H,4,7-8,13H2,1-3H3,(H,14,18). The van der Waals surface area contributed by atoms with Crippen LogP contribution < -0.4 is 16.0 Å². The first-order valence-corrected chi connectivity index (χ1v) is 6.12. The Balaban J connectivity index is 2.83. The molecule has 1 amide bonds. The van der Waals surface area contributed by atoms with Crippen molar-refractivity contribution in [1.29, 1.82) is 0 Å². The Kier molecular flexibility index (Phi) is 5.51. The molecule has 6 nitrogen and oxygen atoms in total. The van der Waals surface area contributed by atoms with Gasteiger partial charge in [-0.3, -0.25) is 4.79 Å². The van der Waals surface area contributed by atoms with E-state index in [1.165, 1.54) is 0 Å². The van der Waals surface area contributed by atoms with Crippen LogP contribution in [0.25, 0.3) is 0 Å². The van der Waals surface area contributed by atoms with E-state index in [9.17, 15) is 4.79 Å². The second-order valence-corrected chi connectivity index (χ2v) is 4.29. The molecule has 1 aromatic heterocycles. The van der Waals surface area contributed by atoms with Crippen LogP contribution in [0.2, 0.25) is 0 Å². The summed E-state index contributed by atoms with van der Waals surface area (Å²) in [6.07, 6.45) is 0.900. The lowest BCUT2D eigenvalue weighted by atomic mass is 10.2. The number of aromatic nitrogens is 2. The Morgan fingerprint density at radius 1 is 1.44 bits per heavy atom. The van der Waals surface area contributed by atoms with Gasteiger partial charge in [0, 0.05) is 19.6 Å². The number of nitrogens with zero attached hydrogens (tertiary/aromatic N) is 3. The van der Waals surface area contributed by atoms with Gasteiger partial charge < -0.3 is 16.0 Å². The average Bonchev–Trinajstić information content (AvgIpc) is 2.38. The largest absolute Gasteiger partial charge is 0.354 e. The van der Waals surface area contributed by atoms with E-state index in [0.717, 1.165) is 18.8 Å². The van der Waals surface area contributed by atoms with E-state index in [1.807, 2.05) is 6.07 Å². The third-order valence-corrected chi connectivity index (χ3v) is 2.63. The minimum atomic E-state index is -0.230. The van der Waals surface area contributed by atoms with Crippen LogP contribution in [0.15, 0.2) is 12.1 Å². The molecule has 1 heterocycles. The lowest BCUT2D eigenvalue weighted by Crippen LogP contribution is -2.34. The molecule has 0 spiro atoms. The number of nitrogens with one attached hydrogen (secondary N) is 1. The molecule has 0 aliphatic rings. The molecule has 6 heteroatoms. The average molecular weight is 251 g/mol. The molecule has 18 heavy (non-hydrogen) atoms. The van der Waals surface area contributed by atoms with Gasteiger partial charge in [0.2, 0.25) is 0 Å². The maximum Gasteiger partial charge on any atom is 0.271 e. The summed E-state index contributed by atoms with van der Waals surface area (Å²) in [6, 6.07) is 3.81. The van der Waals surface area contributed by atoms with E-state index >= 15 is 0 Å². The van der Waals surface area contributed by atoms with Gasteiger partial charge in [-0.15, -0.1) is 10.2 Å². The van der Waals surface area contributed by atoms with Gasteiger partial charge in [-0.25, -0.2) is 0 Å². The zero-order valence-corrected chi connectivity index (χ0v) is 11.2. The van der Waals surface area contributed by atoms with Crippen LogP contribution in [0.5, 0.6) is 0 Å². The number of carbonyl (C=O) groups excluding carboxylic acids is 1. The van der Waals surface area contributed by atoms with Crippen molar-refractivity contribution >= 4 is 11.7 Å². The normalized spacial score (nSPS) is 10.5. The fourth-order valence-electron chi connectivity index (χ4n) is 1.63. The Hall–Kier alpha value is -1.69.